The highest BCUT2D eigenvalue weighted by Gasteiger charge is 2.36. The molecule has 0 saturated carbocycles. The molecule has 1 amide bonds. The summed E-state index contributed by atoms with van der Waals surface area (Å²) < 4.78 is 5.80. The lowest BCUT2D eigenvalue weighted by Crippen LogP contribution is -2.35. The number of rotatable bonds is 5. The Morgan fingerprint density at radius 3 is 2.61 bits per heavy atom. The zero-order chi connectivity index (χ0) is 22.8. The second-order valence-corrected chi connectivity index (χ2v) is 8.54. The van der Waals surface area contributed by atoms with Crippen molar-refractivity contribution in [2.24, 2.45) is 10.1 Å². The van der Waals surface area contributed by atoms with Crippen molar-refractivity contribution >= 4 is 51.4 Å². The van der Waals surface area contributed by atoms with E-state index < -0.39 is 5.91 Å². The van der Waals surface area contributed by atoms with Gasteiger partial charge in [0, 0.05) is 23.0 Å². The number of halogens is 1. The molecule has 162 valence electrons. The van der Waals surface area contributed by atoms with Crippen LogP contribution in [0.1, 0.15) is 16.7 Å². The van der Waals surface area contributed by atoms with Gasteiger partial charge in [-0.05, 0) is 65.4 Å². The molecule has 7 nitrogen and oxygen atoms in total. The molecule has 0 fully saturated rings. The number of carbonyl (C=O) groups is 1. The number of fused-ring (bicyclic) bond motifs is 1. The van der Waals surface area contributed by atoms with E-state index in [9.17, 15) is 4.79 Å². The van der Waals surface area contributed by atoms with Crippen LogP contribution in [0.2, 0.25) is 5.02 Å². The zero-order valence-electron chi connectivity index (χ0n) is 17.1. The van der Waals surface area contributed by atoms with Gasteiger partial charge in [0.15, 0.2) is 5.84 Å². The van der Waals surface area contributed by atoms with Gasteiger partial charge >= 0.3 is 0 Å². The molecule has 33 heavy (non-hydrogen) atoms. The van der Waals surface area contributed by atoms with E-state index >= 15 is 0 Å². The third-order valence-corrected chi connectivity index (χ3v) is 6.08. The average Bonchev–Trinajstić information content (AvgIpc) is 3.27. The minimum atomic E-state index is -0.468. The first-order chi connectivity index (χ1) is 16.1. The number of pyridine rings is 1. The van der Waals surface area contributed by atoms with Crippen LogP contribution in [0, 0.1) is 5.41 Å². The summed E-state index contributed by atoms with van der Waals surface area (Å²) in [4.78, 5) is 20.8. The predicted octanol–water partition coefficient (Wildman–Crippen LogP) is 4.98. The van der Waals surface area contributed by atoms with Gasteiger partial charge in [-0.3, -0.25) is 15.2 Å². The lowest BCUT2D eigenvalue weighted by molar-refractivity contribution is -0.114. The number of nitrogens with zero attached hydrogens (tertiary/aromatic N) is 4. The zero-order valence-corrected chi connectivity index (χ0v) is 18.7. The number of hydrogen-bond donors (Lipinski definition) is 1. The molecule has 0 saturated heterocycles. The number of ether oxygens (including phenoxy) is 1. The number of thioether (sulfide) groups is 1. The number of carbonyl (C=O) groups excluding carboxylic acids is 1. The van der Waals surface area contributed by atoms with Crippen LogP contribution >= 0.6 is 23.4 Å². The van der Waals surface area contributed by atoms with Gasteiger partial charge in [0.05, 0.1) is 5.57 Å². The van der Waals surface area contributed by atoms with E-state index in [0.717, 1.165) is 16.7 Å². The number of amides is 1. The third kappa shape index (κ3) is 4.57. The molecule has 9 heteroatoms. The molecule has 0 aliphatic carbocycles. The number of hydrogen-bond acceptors (Lipinski definition) is 6. The molecule has 1 N–H and O–H groups in total. The minimum absolute atomic E-state index is 0.0144. The summed E-state index contributed by atoms with van der Waals surface area (Å²) in [6, 6.07) is 18.4. The van der Waals surface area contributed by atoms with Gasteiger partial charge in [-0.25, -0.2) is 0 Å². The molecule has 3 heterocycles. The van der Waals surface area contributed by atoms with Crippen molar-refractivity contribution in [1.29, 1.82) is 5.41 Å². The SMILES string of the molecule is N=C1/C(=C/c2ccc(OCc3ccc(Cl)cc3)cc2)C(=O)N=C2SC(c3cccnc3)=NN12. The van der Waals surface area contributed by atoms with Gasteiger partial charge in [0.1, 0.15) is 17.4 Å². The smallest absolute Gasteiger partial charge is 0.283 e. The number of aromatic nitrogens is 1. The topological polar surface area (TPSA) is 91.0 Å². The third-order valence-electron chi connectivity index (χ3n) is 4.87. The molecular weight excluding hydrogens is 458 g/mol. The Morgan fingerprint density at radius 1 is 1.09 bits per heavy atom. The number of hydrazone groups is 1. The summed E-state index contributed by atoms with van der Waals surface area (Å²) in [5.41, 5.74) is 2.74. The molecule has 0 bridgehead atoms. The monoisotopic (exact) mass is 473 g/mol. The van der Waals surface area contributed by atoms with Gasteiger partial charge in [-0.1, -0.05) is 35.9 Å². The van der Waals surface area contributed by atoms with Crippen molar-refractivity contribution < 1.29 is 9.53 Å². The van der Waals surface area contributed by atoms with Gasteiger partial charge < -0.3 is 4.74 Å². The van der Waals surface area contributed by atoms with E-state index in [0.29, 0.717) is 27.6 Å². The lowest BCUT2D eigenvalue weighted by Gasteiger charge is -2.20. The fourth-order valence-electron chi connectivity index (χ4n) is 3.17. The van der Waals surface area contributed by atoms with Crippen LogP contribution in [0.5, 0.6) is 5.75 Å². The Hall–Kier alpha value is -3.75. The molecule has 0 spiro atoms. The summed E-state index contributed by atoms with van der Waals surface area (Å²) in [6.45, 7) is 0.419. The summed E-state index contributed by atoms with van der Waals surface area (Å²) in [5.74, 6) is 0.211. The van der Waals surface area contributed by atoms with E-state index in [1.807, 2.05) is 60.7 Å². The van der Waals surface area contributed by atoms with E-state index in [4.69, 9.17) is 21.7 Å². The second-order valence-electron chi connectivity index (χ2n) is 7.15. The van der Waals surface area contributed by atoms with Crippen molar-refractivity contribution in [3.63, 3.8) is 0 Å². The Labute approximate surface area is 199 Å². The van der Waals surface area contributed by atoms with Gasteiger partial charge in [0.25, 0.3) is 5.91 Å². The van der Waals surface area contributed by atoms with Crippen LogP contribution in [0.25, 0.3) is 6.08 Å². The Morgan fingerprint density at radius 2 is 1.88 bits per heavy atom. The molecule has 5 rings (SSSR count). The van der Waals surface area contributed by atoms with Crippen LogP contribution in [0.4, 0.5) is 0 Å². The van der Waals surface area contributed by atoms with Crippen molar-refractivity contribution in [2.75, 3.05) is 0 Å². The summed E-state index contributed by atoms with van der Waals surface area (Å²) in [7, 11) is 0. The highest BCUT2D eigenvalue weighted by molar-refractivity contribution is 8.27. The highest BCUT2D eigenvalue weighted by atomic mass is 35.5. The first kappa shape index (κ1) is 21.1. The summed E-state index contributed by atoms with van der Waals surface area (Å²) in [6.07, 6.45) is 4.99. The maximum absolute atomic E-state index is 12.6. The summed E-state index contributed by atoms with van der Waals surface area (Å²) in [5, 5.41) is 16.0. The molecule has 0 unspecified atom stereocenters. The van der Waals surface area contributed by atoms with E-state index in [-0.39, 0.29) is 11.4 Å². The van der Waals surface area contributed by atoms with Crippen LogP contribution in [-0.4, -0.2) is 31.9 Å². The van der Waals surface area contributed by atoms with Crippen molar-refractivity contribution in [3.8, 4) is 5.75 Å². The molecule has 2 aromatic carbocycles. The van der Waals surface area contributed by atoms with Crippen molar-refractivity contribution in [2.45, 2.75) is 6.61 Å². The first-order valence-electron chi connectivity index (χ1n) is 9.95. The van der Waals surface area contributed by atoms with Crippen molar-refractivity contribution in [1.82, 2.24) is 9.99 Å². The lowest BCUT2D eigenvalue weighted by atomic mass is 10.1. The van der Waals surface area contributed by atoms with Gasteiger partial charge in [-0.2, -0.15) is 15.1 Å². The second kappa shape index (κ2) is 9.01. The number of benzene rings is 2. The van der Waals surface area contributed by atoms with Gasteiger partial charge in [0.2, 0.25) is 5.17 Å². The quantitative estimate of drug-likeness (QED) is 0.527. The molecule has 3 aromatic rings. The largest absolute Gasteiger partial charge is 0.489 e. The maximum atomic E-state index is 12.6. The Balaban J connectivity index is 1.31. The molecule has 1 aromatic heterocycles. The van der Waals surface area contributed by atoms with Crippen LogP contribution < -0.4 is 4.74 Å². The van der Waals surface area contributed by atoms with E-state index in [1.54, 1.807) is 18.5 Å². The van der Waals surface area contributed by atoms with Gasteiger partial charge in [-0.15, -0.1) is 0 Å². The molecular formula is C24H16ClN5O2S. The minimum Gasteiger partial charge on any atom is -0.489 e. The fraction of sp³-hybridized carbons (Fsp3) is 0.0417. The van der Waals surface area contributed by atoms with Crippen LogP contribution in [0.15, 0.2) is 88.7 Å². The Kier molecular flexibility index (Phi) is 5.77. The predicted molar refractivity (Wildman–Crippen MR) is 131 cm³/mol. The molecule has 0 atom stereocenters. The van der Waals surface area contributed by atoms with Crippen LogP contribution in [-0.2, 0) is 11.4 Å². The summed E-state index contributed by atoms with van der Waals surface area (Å²) >= 11 is 7.15. The normalized spacial score (nSPS) is 16.5. The van der Waals surface area contributed by atoms with E-state index in [1.165, 1.54) is 16.8 Å². The maximum Gasteiger partial charge on any atom is 0.283 e. The fourth-order valence-corrected chi connectivity index (χ4v) is 4.18. The average molecular weight is 474 g/mol. The van der Waals surface area contributed by atoms with Crippen molar-refractivity contribution in [3.05, 3.63) is 100 Å². The first-order valence-corrected chi connectivity index (χ1v) is 11.1. The highest BCUT2D eigenvalue weighted by Crippen LogP contribution is 2.30. The molecule has 0 radical (unpaired) electrons. The number of amidine groups is 2. The van der Waals surface area contributed by atoms with E-state index in [2.05, 4.69) is 15.1 Å². The Bertz CT molecular complexity index is 1320. The number of aliphatic imine (C=N–C) groups is 1. The van der Waals surface area contributed by atoms with Crippen LogP contribution in [0.3, 0.4) is 0 Å². The molecule has 2 aliphatic heterocycles. The molecule has 2 aliphatic rings. The standard InChI is InChI=1S/C24H16ClN5O2S/c25-18-7-3-16(4-8-18)14-32-19-9-5-15(6-10-19)12-20-21(26)30-24(28-22(20)31)33-23(29-30)17-2-1-11-27-13-17/h1-13,26H,14H2/b20-12-,26-21?. The number of nitrogens with one attached hydrogen (secondary N) is 1.